The lowest BCUT2D eigenvalue weighted by molar-refractivity contribution is -0.137. The Morgan fingerprint density at radius 2 is 1.93 bits per heavy atom. The van der Waals surface area contributed by atoms with Crippen LogP contribution in [0.2, 0.25) is 5.02 Å². The number of urea groups is 1. The molecule has 0 spiro atoms. The molecule has 0 aliphatic heterocycles. The summed E-state index contributed by atoms with van der Waals surface area (Å²) in [6.45, 7) is 2.10. The van der Waals surface area contributed by atoms with Crippen molar-refractivity contribution < 1.29 is 24.5 Å². The Bertz CT molecular complexity index is 1490. The smallest absolute Gasteiger partial charge is 0.319 e. The minimum absolute atomic E-state index is 0.143. The number of pyridine rings is 1. The Hall–Kier alpha value is -3.98. The number of nitrogens with zero attached hydrogens (tertiary/aromatic N) is 1. The number of ether oxygens (including phenoxy) is 1. The third-order valence-electron chi connectivity index (χ3n) is 7.70. The molecule has 10 heteroatoms. The van der Waals surface area contributed by atoms with Crippen molar-refractivity contribution in [1.82, 2.24) is 9.88 Å². The van der Waals surface area contributed by atoms with Gasteiger partial charge in [-0.15, -0.1) is 0 Å². The number of nitrogens with one attached hydrogen (secondary N) is 2. The number of aliphatic carboxylic acids is 1. The first-order valence-electron chi connectivity index (χ1n) is 13.5. The molecule has 4 N–H and O–H groups in total. The fraction of sp³-hybridized carbons (Fsp3) is 0.367. The van der Waals surface area contributed by atoms with Gasteiger partial charge in [0.05, 0.1) is 25.1 Å². The van der Waals surface area contributed by atoms with Crippen LogP contribution >= 0.6 is 11.6 Å². The van der Waals surface area contributed by atoms with Crippen molar-refractivity contribution >= 4 is 29.3 Å². The number of carboxylic acids is 1. The van der Waals surface area contributed by atoms with Crippen LogP contribution in [0, 0.1) is 6.92 Å². The highest BCUT2D eigenvalue weighted by Gasteiger charge is 2.28. The van der Waals surface area contributed by atoms with Gasteiger partial charge in [-0.05, 0) is 80.3 Å². The van der Waals surface area contributed by atoms with E-state index in [-0.39, 0.29) is 30.5 Å². The number of aromatic nitrogens is 1. The van der Waals surface area contributed by atoms with Crippen molar-refractivity contribution in [2.75, 3.05) is 5.32 Å². The molecule has 1 atom stereocenters. The summed E-state index contributed by atoms with van der Waals surface area (Å²) < 4.78 is 7.49. The quantitative estimate of drug-likeness (QED) is 0.278. The lowest BCUT2D eigenvalue weighted by Gasteiger charge is -2.27. The normalized spacial score (nSPS) is 15.2. The summed E-state index contributed by atoms with van der Waals surface area (Å²) in [5.41, 5.74) is 2.79. The Morgan fingerprint density at radius 1 is 1.15 bits per heavy atom. The van der Waals surface area contributed by atoms with Crippen LogP contribution in [0.4, 0.5) is 10.5 Å². The number of fused-ring (bicyclic) bond motifs is 1. The van der Waals surface area contributed by atoms with E-state index in [2.05, 4.69) is 10.6 Å². The van der Waals surface area contributed by atoms with Crippen LogP contribution in [0.5, 0.6) is 11.5 Å². The number of amides is 2. The van der Waals surface area contributed by atoms with E-state index in [0.717, 1.165) is 42.5 Å². The van der Waals surface area contributed by atoms with Crippen molar-refractivity contribution in [2.45, 2.75) is 70.6 Å². The van der Waals surface area contributed by atoms with E-state index in [0.29, 0.717) is 34.7 Å². The van der Waals surface area contributed by atoms with Crippen LogP contribution in [0.15, 0.2) is 47.3 Å². The van der Waals surface area contributed by atoms with E-state index >= 15 is 0 Å². The molecule has 0 bridgehead atoms. The first-order valence-corrected chi connectivity index (χ1v) is 13.9. The monoisotopic (exact) mass is 565 g/mol. The number of aryl methyl sites for hydroxylation is 1. The summed E-state index contributed by atoms with van der Waals surface area (Å²) in [4.78, 5) is 38.4. The molecule has 2 aliphatic carbocycles. The van der Waals surface area contributed by atoms with E-state index in [4.69, 9.17) is 16.3 Å². The van der Waals surface area contributed by atoms with Gasteiger partial charge in [-0.2, -0.15) is 0 Å². The predicted octanol–water partition coefficient (Wildman–Crippen LogP) is 5.32. The fourth-order valence-electron chi connectivity index (χ4n) is 5.32. The molecule has 210 valence electrons. The highest BCUT2D eigenvalue weighted by molar-refractivity contribution is 6.31. The van der Waals surface area contributed by atoms with E-state index in [9.17, 15) is 24.6 Å². The van der Waals surface area contributed by atoms with Crippen LogP contribution in [0.3, 0.4) is 0 Å². The Labute approximate surface area is 236 Å². The summed E-state index contributed by atoms with van der Waals surface area (Å²) in [7, 11) is 0. The van der Waals surface area contributed by atoms with Crippen molar-refractivity contribution in [3.8, 4) is 11.5 Å². The number of hydrogen-bond acceptors (Lipinski definition) is 5. The molecule has 9 nitrogen and oxygen atoms in total. The summed E-state index contributed by atoms with van der Waals surface area (Å²) >= 11 is 6.44. The SMILES string of the molecule is Cc1cccc(Cl)c1Cn1c2c(c(O)c(NC(=O)N[C@@H](CC(=O)O)c3cccc(OC4CCC4)c3)c1=O)CCC2. The number of aromatic hydroxyl groups is 1. The average molecular weight is 566 g/mol. The highest BCUT2D eigenvalue weighted by Crippen LogP contribution is 2.35. The van der Waals surface area contributed by atoms with Crippen LogP contribution in [-0.4, -0.2) is 32.9 Å². The van der Waals surface area contributed by atoms with Crippen LogP contribution in [0.25, 0.3) is 0 Å². The molecular formula is C30H32ClN3O6. The summed E-state index contributed by atoms with van der Waals surface area (Å²) in [6, 6.07) is 10.8. The molecule has 2 aromatic carbocycles. The van der Waals surface area contributed by atoms with Crippen molar-refractivity contribution in [3.63, 3.8) is 0 Å². The number of carbonyl (C=O) groups excluding carboxylic acids is 1. The van der Waals surface area contributed by atoms with E-state index in [1.807, 2.05) is 19.1 Å². The number of hydrogen-bond donors (Lipinski definition) is 4. The Morgan fingerprint density at radius 3 is 2.62 bits per heavy atom. The van der Waals surface area contributed by atoms with Gasteiger partial charge in [0.15, 0.2) is 5.69 Å². The molecular weight excluding hydrogens is 534 g/mol. The molecule has 40 heavy (non-hydrogen) atoms. The van der Waals surface area contributed by atoms with E-state index < -0.39 is 23.6 Å². The third-order valence-corrected chi connectivity index (χ3v) is 8.06. The third kappa shape index (κ3) is 5.79. The number of anilines is 1. The topological polar surface area (TPSA) is 130 Å². The lowest BCUT2D eigenvalue weighted by atomic mass is 9.96. The zero-order valence-corrected chi connectivity index (χ0v) is 23.0. The second kappa shape index (κ2) is 11.6. The average Bonchev–Trinajstić information content (AvgIpc) is 3.38. The number of halogens is 1. The molecule has 1 fully saturated rings. The number of rotatable bonds is 9. The van der Waals surface area contributed by atoms with Gasteiger partial charge in [0, 0.05) is 16.3 Å². The maximum absolute atomic E-state index is 13.6. The maximum Gasteiger partial charge on any atom is 0.319 e. The highest BCUT2D eigenvalue weighted by atomic mass is 35.5. The molecule has 5 rings (SSSR count). The van der Waals surface area contributed by atoms with Crippen molar-refractivity contribution in [1.29, 1.82) is 0 Å². The molecule has 0 radical (unpaired) electrons. The van der Waals surface area contributed by atoms with Crippen molar-refractivity contribution in [2.24, 2.45) is 0 Å². The molecule has 0 unspecified atom stereocenters. The standard InChI is InChI=1S/C30H32ClN3O6/c1-17-6-2-12-23(31)22(17)16-34-25-13-5-11-21(25)28(37)27(29(34)38)33-30(39)32-24(15-26(35)36)18-7-3-10-20(14-18)40-19-8-4-9-19/h2-3,6-7,10,12,14,19,24,37H,4-5,8-9,11,13,15-16H2,1H3,(H,35,36)(H2,32,33,39)/t24-/m0/s1. The molecule has 3 aromatic rings. The largest absolute Gasteiger partial charge is 0.505 e. The minimum atomic E-state index is -1.10. The summed E-state index contributed by atoms with van der Waals surface area (Å²) in [5.74, 6) is -0.757. The predicted molar refractivity (Wildman–Crippen MR) is 152 cm³/mol. The summed E-state index contributed by atoms with van der Waals surface area (Å²) in [6.07, 6.45) is 4.77. The second-order valence-electron chi connectivity index (χ2n) is 10.4. The van der Waals surface area contributed by atoms with Gasteiger partial charge in [-0.3, -0.25) is 9.59 Å². The van der Waals surface area contributed by atoms with Crippen LogP contribution in [0.1, 0.15) is 66.1 Å². The van der Waals surface area contributed by atoms with Gasteiger partial charge < -0.3 is 30.2 Å². The zero-order chi connectivity index (χ0) is 28.4. The molecule has 1 aromatic heterocycles. The van der Waals surface area contributed by atoms with E-state index in [1.165, 1.54) is 0 Å². The summed E-state index contributed by atoms with van der Waals surface area (Å²) in [5, 5.41) is 26.2. The number of carboxylic acid groups (broad SMARTS) is 1. The second-order valence-corrected chi connectivity index (χ2v) is 10.8. The maximum atomic E-state index is 13.6. The molecule has 0 saturated heterocycles. The first-order chi connectivity index (χ1) is 19.2. The Balaban J connectivity index is 1.42. The first kappa shape index (κ1) is 27.6. The zero-order valence-electron chi connectivity index (χ0n) is 22.2. The van der Waals surface area contributed by atoms with Crippen LogP contribution < -0.4 is 20.9 Å². The lowest BCUT2D eigenvalue weighted by Crippen LogP contribution is -2.37. The van der Waals surface area contributed by atoms with Gasteiger partial charge in [0.2, 0.25) is 0 Å². The fourth-order valence-corrected chi connectivity index (χ4v) is 5.60. The van der Waals surface area contributed by atoms with Crippen molar-refractivity contribution in [3.05, 3.63) is 85.8 Å². The van der Waals surface area contributed by atoms with Gasteiger partial charge in [0.25, 0.3) is 5.56 Å². The number of carbonyl (C=O) groups is 2. The molecule has 2 amide bonds. The molecule has 1 saturated carbocycles. The van der Waals surface area contributed by atoms with Gasteiger partial charge in [0.1, 0.15) is 11.5 Å². The van der Waals surface area contributed by atoms with E-state index in [1.54, 1.807) is 34.9 Å². The minimum Gasteiger partial charge on any atom is -0.505 e. The van der Waals surface area contributed by atoms with Gasteiger partial charge in [-0.25, -0.2) is 4.79 Å². The number of benzene rings is 2. The van der Waals surface area contributed by atoms with Gasteiger partial charge >= 0.3 is 12.0 Å². The van der Waals surface area contributed by atoms with Crippen LogP contribution in [-0.2, 0) is 24.2 Å². The molecule has 1 heterocycles. The van der Waals surface area contributed by atoms with Gasteiger partial charge in [-0.1, -0.05) is 35.9 Å². The molecule has 2 aliphatic rings. The Kier molecular flexibility index (Phi) is 8.02.